The zero-order valence-corrected chi connectivity index (χ0v) is 20.6. The maximum atomic E-state index is 13.4. The number of fused-ring (bicyclic) bond motifs is 8. The van der Waals surface area contributed by atoms with Crippen molar-refractivity contribution in [1.82, 2.24) is 4.98 Å². The second kappa shape index (κ2) is 12.0. The van der Waals surface area contributed by atoms with Gasteiger partial charge in [-0.15, -0.1) is 0 Å². The Kier molecular flexibility index (Phi) is 8.58. The summed E-state index contributed by atoms with van der Waals surface area (Å²) in [6, 6.07) is 9.31. The highest BCUT2D eigenvalue weighted by atomic mass is 16.3. The van der Waals surface area contributed by atoms with Crippen molar-refractivity contribution in [3.63, 3.8) is 0 Å². The molecule has 5 rings (SSSR count). The number of nitrogens with one attached hydrogen (secondary N) is 3. The number of hydrogen-bond acceptors (Lipinski definition) is 6. The third-order valence-corrected chi connectivity index (χ3v) is 6.85. The van der Waals surface area contributed by atoms with Gasteiger partial charge in [-0.1, -0.05) is 19.3 Å². The van der Waals surface area contributed by atoms with Gasteiger partial charge < -0.3 is 26.0 Å². The summed E-state index contributed by atoms with van der Waals surface area (Å²) in [6.45, 7) is 4.63. The lowest BCUT2D eigenvalue weighted by atomic mass is 9.90. The molecule has 1 fully saturated rings. The van der Waals surface area contributed by atoms with Crippen LogP contribution in [0.1, 0.15) is 67.3 Å². The largest absolute Gasteiger partial charge is 0.396 e. The van der Waals surface area contributed by atoms with Crippen molar-refractivity contribution in [2.75, 3.05) is 47.1 Å². The molecule has 8 heteroatoms. The van der Waals surface area contributed by atoms with E-state index in [9.17, 15) is 9.59 Å². The molecule has 3 aliphatic heterocycles. The molecule has 0 unspecified atom stereocenters. The maximum Gasteiger partial charge on any atom is 0.258 e. The van der Waals surface area contributed by atoms with Crippen molar-refractivity contribution in [2.45, 2.75) is 58.3 Å². The van der Waals surface area contributed by atoms with Crippen LogP contribution in [-0.2, 0) is 4.79 Å². The smallest absolute Gasteiger partial charge is 0.258 e. The van der Waals surface area contributed by atoms with Gasteiger partial charge in [-0.2, -0.15) is 0 Å². The molecule has 3 aliphatic rings. The van der Waals surface area contributed by atoms with E-state index in [1.807, 2.05) is 25.1 Å². The molecule has 4 bridgehead atoms. The average Bonchev–Trinajstić information content (AvgIpc) is 2.84. The monoisotopic (exact) mass is 479 g/mol. The number of aromatic nitrogens is 1. The first-order valence-electron chi connectivity index (χ1n) is 12.9. The zero-order valence-electron chi connectivity index (χ0n) is 20.6. The van der Waals surface area contributed by atoms with Crippen molar-refractivity contribution in [3.8, 4) is 0 Å². The molecule has 1 saturated heterocycles. The Morgan fingerprint density at radius 2 is 1.91 bits per heavy atom. The van der Waals surface area contributed by atoms with E-state index in [0.29, 0.717) is 29.4 Å². The van der Waals surface area contributed by atoms with E-state index in [2.05, 4.69) is 25.8 Å². The number of hydrogen-bond donors (Lipinski definition) is 4. The maximum absolute atomic E-state index is 13.4. The minimum Gasteiger partial charge on any atom is -0.396 e. The van der Waals surface area contributed by atoms with Crippen LogP contribution in [0.2, 0.25) is 0 Å². The van der Waals surface area contributed by atoms with Crippen molar-refractivity contribution >= 4 is 34.8 Å². The van der Waals surface area contributed by atoms with Gasteiger partial charge in [-0.25, -0.2) is 4.98 Å². The molecule has 4 N–H and O–H groups in total. The Hall–Kier alpha value is -3.13. The summed E-state index contributed by atoms with van der Waals surface area (Å²) < 4.78 is 0. The predicted octanol–water partition coefficient (Wildman–Crippen LogP) is 4.56. The average molecular weight is 480 g/mol. The predicted molar refractivity (Wildman–Crippen MR) is 140 cm³/mol. The lowest BCUT2D eigenvalue weighted by Crippen LogP contribution is -2.35. The SMILES string of the molecule is Cc1cc2nc(c1)NC(=O)c1ccc(NC(=O)CCCO)cc1N1CCC(CCCCCN2)CC1. The molecule has 0 saturated carbocycles. The summed E-state index contributed by atoms with van der Waals surface area (Å²) in [5.41, 5.74) is 3.09. The molecule has 0 aliphatic carbocycles. The Morgan fingerprint density at radius 3 is 2.71 bits per heavy atom. The van der Waals surface area contributed by atoms with Crippen molar-refractivity contribution in [1.29, 1.82) is 0 Å². The van der Waals surface area contributed by atoms with Crippen LogP contribution in [-0.4, -0.2) is 48.1 Å². The van der Waals surface area contributed by atoms with Crippen LogP contribution in [0, 0.1) is 12.8 Å². The fourth-order valence-corrected chi connectivity index (χ4v) is 4.95. The molecule has 188 valence electrons. The molecule has 8 nitrogen and oxygen atoms in total. The van der Waals surface area contributed by atoms with E-state index in [4.69, 9.17) is 5.11 Å². The van der Waals surface area contributed by atoms with Gasteiger partial charge >= 0.3 is 0 Å². The van der Waals surface area contributed by atoms with Gasteiger partial charge in [-0.05, 0) is 74.4 Å². The first-order chi connectivity index (χ1) is 17.0. The summed E-state index contributed by atoms with van der Waals surface area (Å²) in [7, 11) is 0. The third-order valence-electron chi connectivity index (χ3n) is 6.85. The second-order valence-corrected chi connectivity index (χ2v) is 9.68. The quantitative estimate of drug-likeness (QED) is 0.512. The Bertz CT molecular complexity index is 1030. The number of aryl methyl sites for hydroxylation is 1. The van der Waals surface area contributed by atoms with Gasteiger partial charge in [0.15, 0.2) is 0 Å². The molecule has 2 aromatic rings. The van der Waals surface area contributed by atoms with Crippen molar-refractivity contribution in [2.24, 2.45) is 5.92 Å². The van der Waals surface area contributed by atoms with E-state index in [1.165, 1.54) is 19.3 Å². The number of piperidine rings is 1. The zero-order chi connectivity index (χ0) is 24.6. The van der Waals surface area contributed by atoms with E-state index >= 15 is 0 Å². The molecule has 1 aromatic heterocycles. The highest BCUT2D eigenvalue weighted by Crippen LogP contribution is 2.32. The van der Waals surface area contributed by atoms with Gasteiger partial charge in [0.05, 0.1) is 11.3 Å². The highest BCUT2D eigenvalue weighted by Gasteiger charge is 2.24. The minimum absolute atomic E-state index is 0.0169. The highest BCUT2D eigenvalue weighted by molar-refractivity contribution is 6.08. The van der Waals surface area contributed by atoms with E-state index in [0.717, 1.165) is 56.0 Å². The van der Waals surface area contributed by atoms with Crippen molar-refractivity contribution in [3.05, 3.63) is 41.5 Å². The van der Waals surface area contributed by atoms with Gasteiger partial charge in [-0.3, -0.25) is 9.59 Å². The molecular formula is C27H37N5O3. The molecular weight excluding hydrogens is 442 g/mol. The number of carbonyl (C=O) groups is 2. The van der Waals surface area contributed by atoms with Crippen LogP contribution in [0.25, 0.3) is 0 Å². The first-order valence-corrected chi connectivity index (χ1v) is 12.9. The summed E-state index contributed by atoms with van der Waals surface area (Å²) in [5.74, 6) is 1.65. The molecule has 0 spiro atoms. The number of benzene rings is 1. The normalized spacial score (nSPS) is 17.2. The van der Waals surface area contributed by atoms with Gasteiger partial charge in [0.2, 0.25) is 5.91 Å². The Balaban J connectivity index is 1.63. The standard InChI is InChI=1S/C27H37N5O3/c1-19-16-24-28-12-4-2-3-6-20-10-13-32(14-11-20)23-18-21(29-26(34)7-5-15-33)8-9-22(23)27(35)31-25(17-19)30-24/h8-9,16-18,20,33H,2-7,10-15H2,1H3,(H,29,34)(H2,28,30,31,35). The van der Waals surface area contributed by atoms with Gasteiger partial charge in [0.1, 0.15) is 11.6 Å². The number of rotatable bonds is 4. The number of anilines is 4. The Morgan fingerprint density at radius 1 is 1.11 bits per heavy atom. The Labute approximate surface area is 207 Å². The summed E-state index contributed by atoms with van der Waals surface area (Å²) in [4.78, 5) is 32.5. The number of nitrogens with zero attached hydrogens (tertiary/aromatic N) is 2. The second-order valence-electron chi connectivity index (χ2n) is 9.68. The number of aliphatic hydroxyl groups excluding tert-OH is 1. The number of aliphatic hydroxyl groups is 1. The van der Waals surface area contributed by atoms with E-state index in [-0.39, 0.29) is 24.8 Å². The molecule has 0 radical (unpaired) electrons. The lowest BCUT2D eigenvalue weighted by molar-refractivity contribution is -0.116. The van der Waals surface area contributed by atoms with Crippen LogP contribution in [0.3, 0.4) is 0 Å². The summed E-state index contributed by atoms with van der Waals surface area (Å²) >= 11 is 0. The van der Waals surface area contributed by atoms with Gasteiger partial charge in [0.25, 0.3) is 5.91 Å². The van der Waals surface area contributed by atoms with Crippen LogP contribution < -0.4 is 20.9 Å². The topological polar surface area (TPSA) is 107 Å². The van der Waals surface area contributed by atoms with Crippen LogP contribution in [0.5, 0.6) is 0 Å². The van der Waals surface area contributed by atoms with Crippen LogP contribution in [0.15, 0.2) is 30.3 Å². The first kappa shape index (κ1) is 25.0. The third kappa shape index (κ3) is 6.94. The van der Waals surface area contributed by atoms with Crippen LogP contribution in [0.4, 0.5) is 23.0 Å². The molecule has 1 aromatic carbocycles. The minimum atomic E-state index is -0.214. The fourth-order valence-electron chi connectivity index (χ4n) is 4.95. The van der Waals surface area contributed by atoms with E-state index in [1.54, 1.807) is 12.1 Å². The fraction of sp³-hybridized carbons (Fsp3) is 0.519. The van der Waals surface area contributed by atoms with E-state index < -0.39 is 0 Å². The lowest BCUT2D eigenvalue weighted by Gasteiger charge is -2.35. The molecule has 0 atom stereocenters. The number of carbonyl (C=O) groups excluding carboxylic acids is 2. The molecule has 2 amide bonds. The van der Waals surface area contributed by atoms with Crippen LogP contribution >= 0.6 is 0 Å². The summed E-state index contributed by atoms with van der Waals surface area (Å²) in [5, 5.41) is 18.3. The molecule has 35 heavy (non-hydrogen) atoms. The number of pyridine rings is 1. The number of amides is 2. The van der Waals surface area contributed by atoms with Gasteiger partial charge in [0, 0.05) is 38.3 Å². The summed E-state index contributed by atoms with van der Waals surface area (Å²) in [6.07, 6.45) is 7.68. The van der Waals surface area contributed by atoms with Crippen molar-refractivity contribution < 1.29 is 14.7 Å². The molecule has 4 heterocycles.